The zero-order valence-corrected chi connectivity index (χ0v) is 17.0. The number of carbonyl (C=O) groups excluding carboxylic acids is 2. The minimum atomic E-state index is -0.175. The smallest absolute Gasteiger partial charge is 0.269 e. The van der Waals surface area contributed by atoms with Crippen LogP contribution in [0.1, 0.15) is 41.7 Å². The Labute approximate surface area is 176 Å². The van der Waals surface area contributed by atoms with Gasteiger partial charge < -0.3 is 15.0 Å². The van der Waals surface area contributed by atoms with E-state index in [1.54, 1.807) is 30.5 Å². The number of carbonyl (C=O) groups is 2. The second-order valence-corrected chi connectivity index (χ2v) is 7.96. The van der Waals surface area contributed by atoms with Gasteiger partial charge in [0.1, 0.15) is 5.69 Å². The van der Waals surface area contributed by atoms with E-state index in [1.807, 2.05) is 41.3 Å². The highest BCUT2D eigenvalue weighted by Gasteiger charge is 2.42. The lowest BCUT2D eigenvalue weighted by atomic mass is 9.88. The molecular weight excluding hydrogens is 378 g/mol. The molecule has 2 aliphatic rings. The van der Waals surface area contributed by atoms with E-state index >= 15 is 0 Å². The van der Waals surface area contributed by atoms with E-state index in [1.165, 1.54) is 0 Å². The Morgan fingerprint density at radius 3 is 2.60 bits per heavy atom. The number of hydrogen-bond donors (Lipinski definition) is 1. The largest absolute Gasteiger partial charge is 0.370 e. The molecule has 0 saturated carbocycles. The Hall–Kier alpha value is -2.99. The average molecular weight is 405 g/mol. The van der Waals surface area contributed by atoms with E-state index in [0.717, 1.165) is 31.2 Å². The number of pyridine rings is 1. The summed E-state index contributed by atoms with van der Waals surface area (Å²) in [6, 6.07) is 15.1. The van der Waals surface area contributed by atoms with E-state index < -0.39 is 0 Å². The maximum atomic E-state index is 12.5. The third-order valence-corrected chi connectivity index (χ3v) is 5.93. The third-order valence-electron chi connectivity index (χ3n) is 5.93. The average Bonchev–Trinajstić information content (AvgIpc) is 3.20. The van der Waals surface area contributed by atoms with Crippen LogP contribution in [0.3, 0.4) is 0 Å². The predicted octanol–water partition coefficient (Wildman–Crippen LogP) is 3.07. The number of nitrogens with zero attached hydrogens (tertiary/aromatic N) is 2. The summed E-state index contributed by atoms with van der Waals surface area (Å²) < 4.78 is 6.34. The second kappa shape index (κ2) is 9.22. The molecule has 30 heavy (non-hydrogen) atoms. The van der Waals surface area contributed by atoms with Crippen LogP contribution in [-0.2, 0) is 9.53 Å². The van der Waals surface area contributed by atoms with Crippen molar-refractivity contribution in [2.45, 2.75) is 37.4 Å². The fourth-order valence-corrected chi connectivity index (χ4v) is 4.17. The number of amides is 2. The van der Waals surface area contributed by atoms with Crippen LogP contribution in [0, 0.1) is 0 Å². The van der Waals surface area contributed by atoms with Gasteiger partial charge in [-0.25, -0.2) is 0 Å². The van der Waals surface area contributed by atoms with Crippen LogP contribution in [0.15, 0.2) is 60.8 Å². The van der Waals surface area contributed by atoms with Crippen molar-refractivity contribution in [2.24, 2.45) is 0 Å². The van der Waals surface area contributed by atoms with Crippen molar-refractivity contribution in [3.05, 3.63) is 72.1 Å². The Balaban J connectivity index is 1.23. The Morgan fingerprint density at radius 1 is 1.10 bits per heavy atom. The van der Waals surface area contributed by atoms with Gasteiger partial charge in [0.05, 0.1) is 11.7 Å². The first-order valence-corrected chi connectivity index (χ1v) is 10.5. The lowest BCUT2D eigenvalue weighted by molar-refractivity contribution is -0.132. The first-order chi connectivity index (χ1) is 14.6. The molecule has 1 aromatic carbocycles. The van der Waals surface area contributed by atoms with Crippen LogP contribution >= 0.6 is 0 Å². The molecule has 1 N–H and O–H groups in total. The monoisotopic (exact) mass is 405 g/mol. The topological polar surface area (TPSA) is 71.5 Å². The van der Waals surface area contributed by atoms with E-state index in [9.17, 15) is 9.59 Å². The van der Waals surface area contributed by atoms with Gasteiger partial charge in [-0.05, 0) is 49.5 Å². The summed E-state index contributed by atoms with van der Waals surface area (Å²) in [5.74, 6) is -0.128. The summed E-state index contributed by atoms with van der Waals surface area (Å²) in [7, 11) is 0. The SMILES string of the molecule is O=C(NC[C@H]1CCC2(CCN(C(=O)/C=C/c3ccccc3)CC2)O1)c1ccccn1. The van der Waals surface area contributed by atoms with Crippen molar-refractivity contribution in [3.8, 4) is 0 Å². The molecule has 6 nitrogen and oxygen atoms in total. The minimum absolute atomic E-state index is 0.0119. The summed E-state index contributed by atoms with van der Waals surface area (Å²) in [4.78, 5) is 30.6. The van der Waals surface area contributed by atoms with Crippen molar-refractivity contribution in [3.63, 3.8) is 0 Å². The second-order valence-electron chi connectivity index (χ2n) is 7.96. The van der Waals surface area contributed by atoms with Gasteiger partial charge in [-0.2, -0.15) is 0 Å². The first-order valence-electron chi connectivity index (χ1n) is 10.5. The van der Waals surface area contributed by atoms with Crippen molar-refractivity contribution < 1.29 is 14.3 Å². The molecule has 1 aromatic heterocycles. The van der Waals surface area contributed by atoms with Crippen LogP contribution in [0.25, 0.3) is 6.08 Å². The normalized spacial score (nSPS) is 20.5. The molecule has 0 bridgehead atoms. The highest BCUT2D eigenvalue weighted by atomic mass is 16.5. The molecule has 4 rings (SSSR count). The highest BCUT2D eigenvalue weighted by Crippen LogP contribution is 2.38. The Bertz CT molecular complexity index is 890. The zero-order chi connectivity index (χ0) is 20.8. The van der Waals surface area contributed by atoms with Gasteiger partial charge in [0, 0.05) is 31.9 Å². The van der Waals surface area contributed by atoms with Gasteiger partial charge in [0.2, 0.25) is 5.91 Å². The van der Waals surface area contributed by atoms with Crippen LogP contribution in [0.5, 0.6) is 0 Å². The van der Waals surface area contributed by atoms with Gasteiger partial charge in [-0.3, -0.25) is 14.6 Å². The lowest BCUT2D eigenvalue weighted by Crippen LogP contribution is -2.46. The standard InChI is InChI=1S/C24H27N3O3/c28-22(10-9-19-6-2-1-3-7-19)27-16-13-24(14-17-27)12-11-20(30-24)18-26-23(29)21-8-4-5-15-25-21/h1-10,15,20H,11-14,16-18H2,(H,26,29)/b10-9+/t20-/m1/s1. The van der Waals surface area contributed by atoms with Crippen LogP contribution in [0.2, 0.25) is 0 Å². The molecule has 6 heteroatoms. The van der Waals surface area contributed by atoms with Crippen molar-refractivity contribution in [2.75, 3.05) is 19.6 Å². The molecular formula is C24H27N3O3. The molecule has 2 aromatic rings. The van der Waals surface area contributed by atoms with Crippen molar-refractivity contribution >= 4 is 17.9 Å². The fourth-order valence-electron chi connectivity index (χ4n) is 4.17. The Morgan fingerprint density at radius 2 is 1.87 bits per heavy atom. The third kappa shape index (κ3) is 4.94. The minimum Gasteiger partial charge on any atom is -0.370 e. The van der Waals surface area contributed by atoms with Gasteiger partial charge >= 0.3 is 0 Å². The number of likely N-dealkylation sites (tertiary alicyclic amines) is 1. The van der Waals surface area contributed by atoms with Gasteiger partial charge in [-0.1, -0.05) is 36.4 Å². The maximum absolute atomic E-state index is 12.5. The van der Waals surface area contributed by atoms with E-state index in [-0.39, 0.29) is 23.5 Å². The molecule has 2 saturated heterocycles. The number of nitrogens with one attached hydrogen (secondary N) is 1. The molecule has 1 atom stereocenters. The number of rotatable bonds is 5. The van der Waals surface area contributed by atoms with Gasteiger partial charge in [-0.15, -0.1) is 0 Å². The van der Waals surface area contributed by atoms with Crippen LogP contribution < -0.4 is 5.32 Å². The summed E-state index contributed by atoms with van der Waals surface area (Å²) in [6.45, 7) is 1.88. The summed E-state index contributed by atoms with van der Waals surface area (Å²) in [5, 5.41) is 2.92. The molecule has 0 unspecified atom stereocenters. The van der Waals surface area contributed by atoms with Crippen molar-refractivity contribution in [1.29, 1.82) is 0 Å². The number of piperidine rings is 1. The molecule has 2 amide bonds. The highest BCUT2D eigenvalue weighted by molar-refractivity contribution is 5.92. The van der Waals surface area contributed by atoms with Crippen LogP contribution in [0.4, 0.5) is 0 Å². The first kappa shape index (κ1) is 20.3. The quantitative estimate of drug-likeness (QED) is 0.776. The number of ether oxygens (including phenoxy) is 1. The summed E-state index contributed by atoms with van der Waals surface area (Å²) in [5.41, 5.74) is 1.27. The molecule has 2 fully saturated rings. The number of benzene rings is 1. The van der Waals surface area contributed by atoms with Gasteiger partial charge in [0.15, 0.2) is 0 Å². The summed E-state index contributed by atoms with van der Waals surface area (Å²) in [6.07, 6.45) is 8.70. The van der Waals surface area contributed by atoms with Crippen LogP contribution in [-0.4, -0.2) is 53.0 Å². The molecule has 1 spiro atoms. The molecule has 2 aliphatic heterocycles. The van der Waals surface area contributed by atoms with E-state index in [4.69, 9.17) is 4.74 Å². The molecule has 0 aliphatic carbocycles. The fraction of sp³-hybridized carbons (Fsp3) is 0.375. The van der Waals surface area contributed by atoms with Crippen molar-refractivity contribution in [1.82, 2.24) is 15.2 Å². The van der Waals surface area contributed by atoms with Gasteiger partial charge in [0.25, 0.3) is 5.91 Å². The Kier molecular flexibility index (Phi) is 6.23. The predicted molar refractivity (Wildman–Crippen MR) is 115 cm³/mol. The lowest BCUT2D eigenvalue weighted by Gasteiger charge is -2.38. The summed E-state index contributed by atoms with van der Waals surface area (Å²) >= 11 is 0. The molecule has 3 heterocycles. The maximum Gasteiger partial charge on any atom is 0.269 e. The molecule has 0 radical (unpaired) electrons. The molecule has 156 valence electrons. The number of aromatic nitrogens is 1. The van der Waals surface area contributed by atoms with E-state index in [2.05, 4.69) is 10.3 Å². The van der Waals surface area contributed by atoms with E-state index in [0.29, 0.717) is 25.3 Å². The number of hydrogen-bond acceptors (Lipinski definition) is 4. The zero-order valence-electron chi connectivity index (χ0n) is 17.0.